The molecule has 2 aliphatic rings. The topological polar surface area (TPSA) is 55.8 Å². The number of nitrogens with zero attached hydrogens (tertiary/aromatic N) is 1. The van der Waals surface area contributed by atoms with Gasteiger partial charge >= 0.3 is 6.09 Å². The number of cyclic esters (lactones) is 1. The fourth-order valence-electron chi connectivity index (χ4n) is 3.36. The molecule has 2 aliphatic heterocycles. The lowest BCUT2D eigenvalue weighted by molar-refractivity contribution is -0.108. The van der Waals surface area contributed by atoms with Gasteiger partial charge in [0.2, 0.25) is 0 Å². The summed E-state index contributed by atoms with van der Waals surface area (Å²) in [4.78, 5) is 24.3. The van der Waals surface area contributed by atoms with Crippen LogP contribution in [0.5, 0.6) is 0 Å². The number of ether oxygens (including phenoxy) is 2. The Bertz CT molecular complexity index is 519. The fourth-order valence-corrected chi connectivity index (χ4v) is 3.36. The van der Waals surface area contributed by atoms with Crippen LogP contribution in [0.15, 0.2) is 30.3 Å². The van der Waals surface area contributed by atoms with Crippen molar-refractivity contribution < 1.29 is 19.1 Å². The van der Waals surface area contributed by atoms with Crippen LogP contribution in [0.25, 0.3) is 0 Å². The first kappa shape index (κ1) is 15.0. The van der Waals surface area contributed by atoms with Crippen molar-refractivity contribution in [2.24, 2.45) is 0 Å². The molecular weight excluding hydrogens is 282 g/mol. The van der Waals surface area contributed by atoms with Crippen LogP contribution in [-0.2, 0) is 20.9 Å². The van der Waals surface area contributed by atoms with Crippen molar-refractivity contribution in [1.82, 2.24) is 4.90 Å². The van der Waals surface area contributed by atoms with E-state index in [0.717, 1.165) is 24.7 Å². The van der Waals surface area contributed by atoms with Gasteiger partial charge in [0.25, 0.3) is 0 Å². The van der Waals surface area contributed by atoms with Crippen LogP contribution >= 0.6 is 0 Å². The minimum absolute atomic E-state index is 0.000799. The van der Waals surface area contributed by atoms with Crippen molar-refractivity contribution in [3.8, 4) is 0 Å². The van der Waals surface area contributed by atoms with Gasteiger partial charge in [-0.3, -0.25) is 4.90 Å². The van der Waals surface area contributed by atoms with Crippen molar-refractivity contribution in [3.05, 3.63) is 35.9 Å². The molecule has 0 aliphatic carbocycles. The third-order valence-corrected chi connectivity index (χ3v) is 4.48. The van der Waals surface area contributed by atoms with Gasteiger partial charge in [-0.1, -0.05) is 30.3 Å². The standard InChI is InChI=1S/C17H21NO4/c19-10-4-7-14-8-9-16(15-12-22-17(20)18(14)15)21-11-13-5-2-1-3-6-13/h1-3,5-6,10,14-16H,4,7-9,11-12H2/t14-,15-,16+/m0/s1. The molecule has 3 rings (SSSR count). The van der Waals surface area contributed by atoms with Gasteiger partial charge in [0.15, 0.2) is 0 Å². The first-order valence-corrected chi connectivity index (χ1v) is 7.84. The van der Waals surface area contributed by atoms with Crippen molar-refractivity contribution in [1.29, 1.82) is 0 Å². The minimum Gasteiger partial charge on any atom is -0.447 e. The second-order valence-electron chi connectivity index (χ2n) is 5.86. The van der Waals surface area contributed by atoms with E-state index in [1.54, 1.807) is 4.90 Å². The van der Waals surface area contributed by atoms with E-state index in [4.69, 9.17) is 9.47 Å². The lowest BCUT2D eigenvalue weighted by Crippen LogP contribution is -2.53. The molecule has 3 atom stereocenters. The van der Waals surface area contributed by atoms with Crippen LogP contribution in [-0.4, -0.2) is 42.1 Å². The van der Waals surface area contributed by atoms with Crippen LogP contribution < -0.4 is 0 Å². The van der Waals surface area contributed by atoms with E-state index in [-0.39, 0.29) is 24.3 Å². The molecule has 0 spiro atoms. The lowest BCUT2D eigenvalue weighted by atomic mass is 9.92. The van der Waals surface area contributed by atoms with Crippen LogP contribution in [0.2, 0.25) is 0 Å². The Hall–Kier alpha value is -1.88. The van der Waals surface area contributed by atoms with Crippen molar-refractivity contribution in [2.45, 2.75) is 50.5 Å². The van der Waals surface area contributed by atoms with Gasteiger partial charge < -0.3 is 14.3 Å². The summed E-state index contributed by atoms with van der Waals surface area (Å²) in [6, 6.07) is 10.1. The molecule has 0 N–H and O–H groups in total. The molecule has 0 bridgehead atoms. The maximum Gasteiger partial charge on any atom is 0.410 e. The molecule has 2 saturated heterocycles. The first-order chi connectivity index (χ1) is 10.8. The van der Waals surface area contributed by atoms with Crippen molar-refractivity contribution in [2.75, 3.05) is 6.61 Å². The second kappa shape index (κ2) is 6.92. The summed E-state index contributed by atoms with van der Waals surface area (Å²) in [5.41, 5.74) is 1.13. The van der Waals surface area contributed by atoms with E-state index in [2.05, 4.69) is 0 Å². The maximum absolute atomic E-state index is 12.0. The number of carbonyl (C=O) groups excluding carboxylic acids is 2. The zero-order valence-electron chi connectivity index (χ0n) is 12.5. The van der Waals surface area contributed by atoms with Gasteiger partial charge in [0.05, 0.1) is 18.8 Å². The molecule has 0 radical (unpaired) electrons. The molecule has 1 aromatic carbocycles. The molecule has 5 heteroatoms. The van der Waals surface area contributed by atoms with Gasteiger partial charge in [-0.15, -0.1) is 0 Å². The Morgan fingerprint density at radius 3 is 2.86 bits per heavy atom. The number of carbonyl (C=O) groups is 2. The molecular formula is C17H21NO4. The molecule has 1 amide bonds. The number of benzene rings is 1. The highest BCUT2D eigenvalue weighted by molar-refractivity contribution is 5.71. The van der Waals surface area contributed by atoms with Crippen molar-refractivity contribution in [3.63, 3.8) is 0 Å². The molecule has 5 nitrogen and oxygen atoms in total. The molecule has 2 fully saturated rings. The smallest absolute Gasteiger partial charge is 0.410 e. The average Bonchev–Trinajstić information content (AvgIpc) is 2.95. The van der Waals surface area contributed by atoms with E-state index < -0.39 is 0 Å². The molecule has 22 heavy (non-hydrogen) atoms. The average molecular weight is 303 g/mol. The predicted molar refractivity (Wildman–Crippen MR) is 80.3 cm³/mol. The van der Waals surface area contributed by atoms with E-state index in [9.17, 15) is 9.59 Å². The summed E-state index contributed by atoms with van der Waals surface area (Å²) >= 11 is 0. The van der Waals surface area contributed by atoms with Crippen LogP contribution in [0.3, 0.4) is 0 Å². The summed E-state index contributed by atoms with van der Waals surface area (Å²) < 4.78 is 11.3. The van der Waals surface area contributed by atoms with E-state index >= 15 is 0 Å². The Kier molecular flexibility index (Phi) is 4.73. The zero-order valence-corrected chi connectivity index (χ0v) is 12.5. The summed E-state index contributed by atoms with van der Waals surface area (Å²) in [5.74, 6) is 0. The van der Waals surface area contributed by atoms with Crippen LogP contribution in [0, 0.1) is 0 Å². The number of fused-ring (bicyclic) bond motifs is 1. The lowest BCUT2D eigenvalue weighted by Gasteiger charge is -2.40. The highest BCUT2D eigenvalue weighted by Crippen LogP contribution is 2.32. The zero-order chi connectivity index (χ0) is 15.4. The van der Waals surface area contributed by atoms with Crippen LogP contribution in [0.1, 0.15) is 31.2 Å². The molecule has 0 aromatic heterocycles. The number of aldehydes is 1. The van der Waals surface area contributed by atoms with Gasteiger partial charge in [0.1, 0.15) is 12.9 Å². The molecule has 0 saturated carbocycles. The van der Waals surface area contributed by atoms with E-state index in [1.807, 2.05) is 30.3 Å². The number of amides is 1. The molecule has 2 heterocycles. The predicted octanol–water partition coefficient (Wildman–Crippen LogP) is 2.53. The molecule has 0 unspecified atom stereocenters. The normalized spacial score (nSPS) is 27.4. The highest BCUT2D eigenvalue weighted by Gasteiger charge is 2.45. The fraction of sp³-hybridized carbons (Fsp3) is 0.529. The highest BCUT2D eigenvalue weighted by atomic mass is 16.6. The quantitative estimate of drug-likeness (QED) is 0.758. The van der Waals surface area contributed by atoms with Crippen LogP contribution in [0.4, 0.5) is 4.79 Å². The van der Waals surface area contributed by atoms with Gasteiger partial charge in [0, 0.05) is 12.5 Å². The summed E-state index contributed by atoms with van der Waals surface area (Å²) in [6.07, 6.45) is 3.59. The Morgan fingerprint density at radius 1 is 1.27 bits per heavy atom. The summed E-state index contributed by atoms with van der Waals surface area (Å²) in [7, 11) is 0. The van der Waals surface area contributed by atoms with Gasteiger partial charge in [-0.2, -0.15) is 0 Å². The summed E-state index contributed by atoms with van der Waals surface area (Å²) in [6.45, 7) is 0.929. The first-order valence-electron chi connectivity index (χ1n) is 7.84. The van der Waals surface area contributed by atoms with Gasteiger partial charge in [-0.05, 0) is 24.8 Å². The minimum atomic E-state index is -0.270. The monoisotopic (exact) mass is 303 g/mol. The number of rotatable bonds is 6. The number of hydrogen-bond donors (Lipinski definition) is 0. The van der Waals surface area contributed by atoms with E-state index in [0.29, 0.717) is 26.1 Å². The summed E-state index contributed by atoms with van der Waals surface area (Å²) in [5, 5.41) is 0. The Balaban J connectivity index is 1.62. The third kappa shape index (κ3) is 3.14. The third-order valence-electron chi connectivity index (χ3n) is 4.48. The number of piperidine rings is 1. The molecule has 1 aromatic rings. The Labute approximate surface area is 130 Å². The van der Waals surface area contributed by atoms with E-state index in [1.165, 1.54) is 0 Å². The number of hydrogen-bond acceptors (Lipinski definition) is 4. The SMILES string of the molecule is O=CCC[C@H]1CC[C@@H](OCc2ccccc2)[C@@H]2COC(=O)N12. The Morgan fingerprint density at radius 2 is 2.09 bits per heavy atom. The van der Waals surface area contributed by atoms with Crippen molar-refractivity contribution >= 4 is 12.4 Å². The molecule has 118 valence electrons. The second-order valence-corrected chi connectivity index (χ2v) is 5.86. The largest absolute Gasteiger partial charge is 0.447 e. The van der Waals surface area contributed by atoms with Gasteiger partial charge in [-0.25, -0.2) is 4.79 Å². The maximum atomic E-state index is 12.0.